The number of aryl methyl sites for hydroxylation is 1. The lowest BCUT2D eigenvalue weighted by atomic mass is 9.98. The molecule has 16 heavy (non-hydrogen) atoms. The number of alkyl halides is 5. The molecular weight excluding hydrogens is 304 g/mol. The molecule has 90 valence electrons. The smallest absolute Gasteiger partial charge is 0.166 e. The molecule has 5 heteroatoms. The first-order chi connectivity index (χ1) is 7.50. The zero-order valence-electron chi connectivity index (χ0n) is 8.45. The zero-order chi connectivity index (χ0) is 12.2. The molecule has 1 aromatic carbocycles. The number of hydrogen-bond acceptors (Lipinski definition) is 0. The Balaban J connectivity index is 3.16. The van der Waals surface area contributed by atoms with Crippen molar-refractivity contribution < 1.29 is 13.2 Å². The Bertz CT molecular complexity index is 350. The molecule has 0 heterocycles. The van der Waals surface area contributed by atoms with Crippen LogP contribution < -0.4 is 0 Å². The average molecular weight is 316 g/mol. The summed E-state index contributed by atoms with van der Waals surface area (Å²) < 4.78 is 38.6. The zero-order valence-corrected chi connectivity index (χ0v) is 10.8. The van der Waals surface area contributed by atoms with Gasteiger partial charge in [-0.15, -0.1) is 11.6 Å². The fourth-order valence-electron chi connectivity index (χ4n) is 1.59. The van der Waals surface area contributed by atoms with Crippen molar-refractivity contribution in [3.63, 3.8) is 0 Å². The Morgan fingerprint density at radius 1 is 1.19 bits per heavy atom. The lowest BCUT2D eigenvalue weighted by Gasteiger charge is -2.16. The van der Waals surface area contributed by atoms with Crippen molar-refractivity contribution in [3.8, 4) is 0 Å². The van der Waals surface area contributed by atoms with Crippen LogP contribution in [0.25, 0.3) is 0 Å². The van der Waals surface area contributed by atoms with Crippen LogP contribution in [-0.2, 0) is 17.9 Å². The second kappa shape index (κ2) is 5.92. The Labute approximate surface area is 106 Å². The van der Waals surface area contributed by atoms with E-state index in [2.05, 4.69) is 15.9 Å². The summed E-state index contributed by atoms with van der Waals surface area (Å²) in [6.07, 6.45) is -3.39. The molecule has 0 bridgehead atoms. The highest BCUT2D eigenvalue weighted by molar-refractivity contribution is 9.08. The predicted octanol–water partition coefficient (Wildman–Crippen LogP) is 4.77. The van der Waals surface area contributed by atoms with Gasteiger partial charge in [-0.1, -0.05) is 34.1 Å². The molecule has 0 N–H and O–H groups in total. The summed E-state index contributed by atoms with van der Waals surface area (Å²) in [7, 11) is 0. The van der Waals surface area contributed by atoms with Crippen LogP contribution in [0.5, 0.6) is 0 Å². The molecule has 0 spiro atoms. The first-order valence-corrected chi connectivity index (χ1v) is 6.46. The van der Waals surface area contributed by atoms with E-state index in [0.717, 1.165) is 0 Å². The highest BCUT2D eigenvalue weighted by atomic mass is 79.9. The van der Waals surface area contributed by atoms with Gasteiger partial charge in [0.25, 0.3) is 0 Å². The van der Waals surface area contributed by atoms with E-state index in [1.165, 1.54) is 12.1 Å². The number of benzene rings is 1. The predicted molar refractivity (Wildman–Crippen MR) is 63.1 cm³/mol. The van der Waals surface area contributed by atoms with E-state index in [0.29, 0.717) is 24.3 Å². The van der Waals surface area contributed by atoms with Gasteiger partial charge in [0.1, 0.15) is 0 Å². The van der Waals surface area contributed by atoms with Gasteiger partial charge < -0.3 is 0 Å². The monoisotopic (exact) mass is 314 g/mol. The minimum absolute atomic E-state index is 0.205. The average Bonchev–Trinajstić information content (AvgIpc) is 2.24. The van der Waals surface area contributed by atoms with Crippen molar-refractivity contribution in [2.75, 3.05) is 5.88 Å². The summed E-state index contributed by atoms with van der Waals surface area (Å²) in [4.78, 5) is 0. The quantitative estimate of drug-likeness (QED) is 0.702. The Morgan fingerprint density at radius 3 is 2.31 bits per heavy atom. The standard InChI is InChI=1S/C11H11BrClF3/c12-7-9-4-1-3-8(5-2-6-13)10(9)11(14,15)16/h1,3-4H,2,5-7H2. The van der Waals surface area contributed by atoms with Crippen LogP contribution in [0, 0.1) is 0 Å². The highest BCUT2D eigenvalue weighted by Crippen LogP contribution is 2.36. The first-order valence-electron chi connectivity index (χ1n) is 4.80. The SMILES string of the molecule is FC(F)(F)c1c(CBr)cccc1CCCCl. The van der Waals surface area contributed by atoms with E-state index < -0.39 is 11.7 Å². The molecular formula is C11H11BrClF3. The molecule has 0 unspecified atom stereocenters. The van der Waals surface area contributed by atoms with E-state index in [4.69, 9.17) is 11.6 Å². The van der Waals surface area contributed by atoms with E-state index in [1.807, 2.05) is 0 Å². The van der Waals surface area contributed by atoms with Crippen LogP contribution in [0.3, 0.4) is 0 Å². The lowest BCUT2D eigenvalue weighted by Crippen LogP contribution is -2.12. The van der Waals surface area contributed by atoms with Crippen LogP contribution in [-0.4, -0.2) is 5.88 Å². The van der Waals surface area contributed by atoms with Crippen molar-refractivity contribution in [2.24, 2.45) is 0 Å². The summed E-state index contributed by atoms with van der Waals surface area (Å²) in [5.74, 6) is 0.371. The van der Waals surface area contributed by atoms with Gasteiger partial charge in [0, 0.05) is 11.2 Å². The minimum Gasteiger partial charge on any atom is -0.166 e. The van der Waals surface area contributed by atoms with Gasteiger partial charge in [0.15, 0.2) is 0 Å². The molecule has 0 amide bonds. The van der Waals surface area contributed by atoms with E-state index in [9.17, 15) is 13.2 Å². The fourth-order valence-corrected chi connectivity index (χ4v) is 2.20. The van der Waals surface area contributed by atoms with Crippen molar-refractivity contribution in [1.29, 1.82) is 0 Å². The minimum atomic E-state index is -4.30. The van der Waals surface area contributed by atoms with E-state index in [1.54, 1.807) is 6.07 Å². The van der Waals surface area contributed by atoms with E-state index in [-0.39, 0.29) is 10.9 Å². The van der Waals surface area contributed by atoms with Gasteiger partial charge >= 0.3 is 6.18 Å². The third-order valence-corrected chi connectivity index (χ3v) is 3.12. The number of hydrogen-bond donors (Lipinski definition) is 0. The van der Waals surface area contributed by atoms with E-state index >= 15 is 0 Å². The summed E-state index contributed by atoms with van der Waals surface area (Å²) in [5.41, 5.74) is 0.0849. The van der Waals surface area contributed by atoms with Crippen molar-refractivity contribution in [2.45, 2.75) is 24.3 Å². The third-order valence-electron chi connectivity index (χ3n) is 2.24. The second-order valence-corrected chi connectivity index (χ2v) is 4.31. The van der Waals surface area contributed by atoms with Gasteiger partial charge in [-0.2, -0.15) is 13.2 Å². The normalized spacial score (nSPS) is 11.8. The molecule has 0 radical (unpaired) electrons. The maximum Gasteiger partial charge on any atom is 0.416 e. The molecule has 0 saturated heterocycles. The molecule has 0 aliphatic carbocycles. The van der Waals surface area contributed by atoms with Crippen LogP contribution in [0.1, 0.15) is 23.1 Å². The molecule has 0 saturated carbocycles. The summed E-state index contributed by atoms with van der Waals surface area (Å²) in [5, 5.41) is 0.205. The molecule has 0 aromatic heterocycles. The molecule has 0 aliphatic rings. The molecule has 0 fully saturated rings. The Morgan fingerprint density at radius 2 is 1.81 bits per heavy atom. The van der Waals surface area contributed by atoms with Gasteiger partial charge in [0.2, 0.25) is 0 Å². The van der Waals surface area contributed by atoms with Crippen molar-refractivity contribution in [3.05, 3.63) is 34.9 Å². The number of rotatable bonds is 4. The molecule has 0 atom stereocenters. The molecule has 0 nitrogen and oxygen atoms in total. The molecule has 0 aliphatic heterocycles. The number of halogens is 5. The summed E-state index contributed by atoms with van der Waals surface area (Å²) in [6.45, 7) is 0. The highest BCUT2D eigenvalue weighted by Gasteiger charge is 2.35. The fraction of sp³-hybridized carbons (Fsp3) is 0.455. The Kier molecular flexibility index (Phi) is 5.12. The molecule has 1 rings (SSSR count). The van der Waals surface area contributed by atoms with Crippen LogP contribution in [0.2, 0.25) is 0 Å². The first kappa shape index (κ1) is 13.8. The van der Waals surface area contributed by atoms with Gasteiger partial charge in [-0.05, 0) is 24.0 Å². The van der Waals surface area contributed by atoms with Crippen molar-refractivity contribution in [1.82, 2.24) is 0 Å². The topological polar surface area (TPSA) is 0 Å². The van der Waals surface area contributed by atoms with Gasteiger partial charge in [-0.3, -0.25) is 0 Å². The second-order valence-electron chi connectivity index (χ2n) is 3.38. The summed E-state index contributed by atoms with van der Waals surface area (Å²) >= 11 is 8.58. The van der Waals surface area contributed by atoms with Gasteiger partial charge in [0.05, 0.1) is 5.56 Å². The van der Waals surface area contributed by atoms with Crippen LogP contribution in [0.4, 0.5) is 13.2 Å². The van der Waals surface area contributed by atoms with Crippen LogP contribution >= 0.6 is 27.5 Å². The maximum absolute atomic E-state index is 12.9. The van der Waals surface area contributed by atoms with Gasteiger partial charge in [-0.25, -0.2) is 0 Å². The third kappa shape index (κ3) is 3.39. The van der Waals surface area contributed by atoms with Crippen molar-refractivity contribution >= 4 is 27.5 Å². The largest absolute Gasteiger partial charge is 0.416 e. The van der Waals surface area contributed by atoms with Crippen LogP contribution in [0.15, 0.2) is 18.2 Å². The Hall–Kier alpha value is -0.220. The molecule has 1 aromatic rings. The summed E-state index contributed by atoms with van der Waals surface area (Å²) in [6, 6.07) is 4.65. The lowest BCUT2D eigenvalue weighted by molar-refractivity contribution is -0.138. The maximum atomic E-state index is 12.9.